The van der Waals surface area contributed by atoms with Gasteiger partial charge in [0.15, 0.2) is 0 Å². The third kappa shape index (κ3) is 3.33. The standard InChI is InChI=1S/C17H20ClNO/c1-3-11-20-14-9-7-13(8-10-14)17(19)15-5-4-6-16(18)12(15)2/h4-10,17H,3,11,19H2,1-2H3. The van der Waals surface area contributed by atoms with Gasteiger partial charge in [0, 0.05) is 5.02 Å². The van der Waals surface area contributed by atoms with Crippen molar-refractivity contribution in [2.24, 2.45) is 5.73 Å². The van der Waals surface area contributed by atoms with E-state index in [1.807, 2.05) is 49.4 Å². The zero-order valence-electron chi connectivity index (χ0n) is 11.9. The van der Waals surface area contributed by atoms with Crippen molar-refractivity contribution in [1.29, 1.82) is 0 Å². The van der Waals surface area contributed by atoms with Gasteiger partial charge in [-0.15, -0.1) is 0 Å². The molecule has 0 spiro atoms. The Balaban J connectivity index is 2.20. The Labute approximate surface area is 125 Å². The molecular weight excluding hydrogens is 270 g/mol. The Hall–Kier alpha value is -1.51. The van der Waals surface area contributed by atoms with Crippen molar-refractivity contribution in [2.75, 3.05) is 6.61 Å². The van der Waals surface area contributed by atoms with Crippen LogP contribution in [0.2, 0.25) is 5.02 Å². The van der Waals surface area contributed by atoms with Gasteiger partial charge in [0.2, 0.25) is 0 Å². The summed E-state index contributed by atoms with van der Waals surface area (Å²) in [5.74, 6) is 0.880. The van der Waals surface area contributed by atoms with Crippen LogP contribution < -0.4 is 10.5 Å². The smallest absolute Gasteiger partial charge is 0.119 e. The first-order valence-electron chi connectivity index (χ1n) is 6.86. The maximum atomic E-state index is 6.34. The molecule has 1 unspecified atom stereocenters. The Morgan fingerprint density at radius 3 is 2.50 bits per heavy atom. The van der Waals surface area contributed by atoms with Crippen LogP contribution in [0.4, 0.5) is 0 Å². The van der Waals surface area contributed by atoms with Crippen molar-refractivity contribution in [1.82, 2.24) is 0 Å². The highest BCUT2D eigenvalue weighted by Crippen LogP contribution is 2.28. The van der Waals surface area contributed by atoms with Gasteiger partial charge in [-0.1, -0.05) is 42.8 Å². The zero-order chi connectivity index (χ0) is 14.5. The summed E-state index contributed by atoms with van der Waals surface area (Å²) in [5, 5.41) is 0.751. The molecule has 2 aromatic rings. The molecule has 0 bridgehead atoms. The quantitative estimate of drug-likeness (QED) is 0.880. The van der Waals surface area contributed by atoms with Gasteiger partial charge in [0.05, 0.1) is 12.6 Å². The maximum absolute atomic E-state index is 6.34. The maximum Gasteiger partial charge on any atom is 0.119 e. The van der Waals surface area contributed by atoms with E-state index in [-0.39, 0.29) is 6.04 Å². The molecule has 0 heterocycles. The van der Waals surface area contributed by atoms with Crippen LogP contribution in [0.3, 0.4) is 0 Å². The molecule has 2 N–H and O–H groups in total. The molecule has 0 aromatic heterocycles. The molecule has 106 valence electrons. The highest BCUT2D eigenvalue weighted by Gasteiger charge is 2.12. The molecule has 2 nitrogen and oxygen atoms in total. The molecule has 0 radical (unpaired) electrons. The fraction of sp³-hybridized carbons (Fsp3) is 0.294. The van der Waals surface area contributed by atoms with Gasteiger partial charge < -0.3 is 10.5 Å². The molecular formula is C17H20ClNO. The highest BCUT2D eigenvalue weighted by molar-refractivity contribution is 6.31. The summed E-state index contributed by atoms with van der Waals surface area (Å²) in [4.78, 5) is 0. The average molecular weight is 290 g/mol. The molecule has 0 amide bonds. The predicted octanol–water partition coefficient (Wildman–Crippen LogP) is 4.49. The number of ether oxygens (including phenoxy) is 1. The van der Waals surface area contributed by atoms with Gasteiger partial charge in [-0.2, -0.15) is 0 Å². The zero-order valence-corrected chi connectivity index (χ0v) is 12.7. The topological polar surface area (TPSA) is 35.2 Å². The summed E-state index contributed by atoms with van der Waals surface area (Å²) >= 11 is 6.15. The van der Waals surface area contributed by atoms with Crippen molar-refractivity contribution in [3.05, 3.63) is 64.2 Å². The van der Waals surface area contributed by atoms with Crippen LogP contribution in [0.15, 0.2) is 42.5 Å². The Morgan fingerprint density at radius 2 is 1.85 bits per heavy atom. The lowest BCUT2D eigenvalue weighted by Crippen LogP contribution is -2.13. The van der Waals surface area contributed by atoms with Crippen LogP contribution in [-0.2, 0) is 0 Å². The van der Waals surface area contributed by atoms with Gasteiger partial charge in [-0.05, 0) is 48.2 Å². The van der Waals surface area contributed by atoms with E-state index < -0.39 is 0 Å². The van der Waals surface area contributed by atoms with E-state index in [2.05, 4.69) is 6.92 Å². The SMILES string of the molecule is CCCOc1ccc(C(N)c2cccc(Cl)c2C)cc1. The van der Waals surface area contributed by atoms with E-state index in [9.17, 15) is 0 Å². The molecule has 0 aliphatic rings. The minimum atomic E-state index is -0.172. The van der Waals surface area contributed by atoms with Crippen LogP contribution in [0.1, 0.15) is 36.1 Å². The summed E-state index contributed by atoms with van der Waals surface area (Å²) < 4.78 is 5.58. The largest absolute Gasteiger partial charge is 0.494 e. The lowest BCUT2D eigenvalue weighted by Gasteiger charge is -2.16. The van der Waals surface area contributed by atoms with Crippen LogP contribution in [0.5, 0.6) is 5.75 Å². The van der Waals surface area contributed by atoms with Crippen LogP contribution >= 0.6 is 11.6 Å². The second kappa shape index (κ2) is 6.78. The molecule has 0 saturated carbocycles. The van der Waals surface area contributed by atoms with E-state index in [4.69, 9.17) is 22.1 Å². The van der Waals surface area contributed by atoms with E-state index in [1.165, 1.54) is 0 Å². The second-order valence-corrected chi connectivity index (χ2v) is 5.26. The Morgan fingerprint density at radius 1 is 1.15 bits per heavy atom. The van der Waals surface area contributed by atoms with E-state index in [0.717, 1.165) is 40.5 Å². The van der Waals surface area contributed by atoms with Crippen molar-refractivity contribution in [3.63, 3.8) is 0 Å². The lowest BCUT2D eigenvalue weighted by molar-refractivity contribution is 0.317. The number of halogens is 1. The number of hydrogen-bond acceptors (Lipinski definition) is 2. The summed E-state index contributed by atoms with van der Waals surface area (Å²) in [6.07, 6.45) is 1.00. The minimum absolute atomic E-state index is 0.172. The molecule has 2 aromatic carbocycles. The van der Waals surface area contributed by atoms with Crippen molar-refractivity contribution in [2.45, 2.75) is 26.3 Å². The highest BCUT2D eigenvalue weighted by atomic mass is 35.5. The first kappa shape index (κ1) is 14.9. The van der Waals surface area contributed by atoms with E-state index >= 15 is 0 Å². The van der Waals surface area contributed by atoms with Crippen LogP contribution in [0, 0.1) is 6.92 Å². The molecule has 0 saturated heterocycles. The summed E-state index contributed by atoms with van der Waals surface area (Å²) in [6, 6.07) is 13.6. The third-order valence-corrected chi connectivity index (χ3v) is 3.77. The van der Waals surface area contributed by atoms with Gasteiger partial charge in [0.25, 0.3) is 0 Å². The summed E-state index contributed by atoms with van der Waals surface area (Å²) in [6.45, 7) is 4.82. The fourth-order valence-electron chi connectivity index (χ4n) is 2.13. The van der Waals surface area contributed by atoms with Crippen LogP contribution in [0.25, 0.3) is 0 Å². The normalized spacial score (nSPS) is 12.2. The van der Waals surface area contributed by atoms with Crippen molar-refractivity contribution < 1.29 is 4.74 Å². The molecule has 20 heavy (non-hydrogen) atoms. The molecule has 3 heteroatoms. The monoisotopic (exact) mass is 289 g/mol. The molecule has 0 aliphatic carbocycles. The summed E-state index contributed by atoms with van der Waals surface area (Å²) in [7, 11) is 0. The van der Waals surface area contributed by atoms with E-state index in [1.54, 1.807) is 0 Å². The number of rotatable bonds is 5. The number of benzene rings is 2. The first-order chi connectivity index (χ1) is 9.63. The number of hydrogen-bond donors (Lipinski definition) is 1. The number of nitrogens with two attached hydrogens (primary N) is 1. The third-order valence-electron chi connectivity index (χ3n) is 3.36. The predicted molar refractivity (Wildman–Crippen MR) is 84.4 cm³/mol. The Kier molecular flexibility index (Phi) is 5.05. The van der Waals surface area contributed by atoms with Crippen molar-refractivity contribution in [3.8, 4) is 5.75 Å². The minimum Gasteiger partial charge on any atom is -0.494 e. The van der Waals surface area contributed by atoms with Gasteiger partial charge in [-0.25, -0.2) is 0 Å². The summed E-state index contributed by atoms with van der Waals surface area (Å²) in [5.41, 5.74) is 9.48. The molecule has 1 atom stereocenters. The van der Waals surface area contributed by atoms with Gasteiger partial charge in [0.1, 0.15) is 5.75 Å². The van der Waals surface area contributed by atoms with Crippen molar-refractivity contribution >= 4 is 11.6 Å². The Bertz CT molecular complexity index is 566. The van der Waals surface area contributed by atoms with Crippen LogP contribution in [-0.4, -0.2) is 6.61 Å². The lowest BCUT2D eigenvalue weighted by atomic mass is 9.96. The van der Waals surface area contributed by atoms with Gasteiger partial charge in [-0.3, -0.25) is 0 Å². The average Bonchev–Trinajstić information content (AvgIpc) is 2.48. The molecule has 2 rings (SSSR count). The molecule has 0 fully saturated rings. The van der Waals surface area contributed by atoms with E-state index in [0.29, 0.717) is 0 Å². The fourth-order valence-corrected chi connectivity index (χ4v) is 2.31. The first-order valence-corrected chi connectivity index (χ1v) is 7.24. The second-order valence-electron chi connectivity index (χ2n) is 4.85. The van der Waals surface area contributed by atoms with Gasteiger partial charge >= 0.3 is 0 Å². The molecule has 0 aliphatic heterocycles.